The molecule has 30 heavy (non-hydrogen) atoms. The highest BCUT2D eigenvalue weighted by molar-refractivity contribution is 5.97. The molecule has 1 fully saturated rings. The molecule has 2 amide bonds. The quantitative estimate of drug-likeness (QED) is 0.668. The molecular formula is C20H18F3N5O2. The number of hydrogen-bond donors (Lipinski definition) is 2. The van der Waals surface area contributed by atoms with Crippen molar-refractivity contribution in [1.29, 1.82) is 0 Å². The number of nitrogens with zero attached hydrogens (tertiary/aromatic N) is 3. The molecule has 0 radical (unpaired) electrons. The first kappa shape index (κ1) is 19.9. The number of carbonyl (C=O) groups is 2. The Morgan fingerprint density at radius 1 is 1.20 bits per heavy atom. The third kappa shape index (κ3) is 4.27. The summed E-state index contributed by atoms with van der Waals surface area (Å²) in [5.41, 5.74) is 1.34. The zero-order chi connectivity index (χ0) is 21.3. The molecule has 2 N–H and O–H groups in total. The van der Waals surface area contributed by atoms with E-state index in [-0.39, 0.29) is 41.0 Å². The van der Waals surface area contributed by atoms with E-state index in [4.69, 9.17) is 0 Å². The SMILES string of the molecule is O=C1CC[C@@H](CN(Cc2ccncc2)C(=O)c2ccc3nc(C(F)(F)F)[nH]c3c2)N1. The summed E-state index contributed by atoms with van der Waals surface area (Å²) < 4.78 is 38.7. The maximum absolute atomic E-state index is 13.2. The van der Waals surface area contributed by atoms with Crippen LogP contribution in [0, 0.1) is 0 Å². The molecular weight excluding hydrogens is 399 g/mol. The van der Waals surface area contributed by atoms with Gasteiger partial charge >= 0.3 is 6.18 Å². The van der Waals surface area contributed by atoms with E-state index in [1.165, 1.54) is 18.2 Å². The Kier molecular flexibility index (Phi) is 5.15. The molecule has 1 saturated heterocycles. The van der Waals surface area contributed by atoms with Crippen LogP contribution in [-0.2, 0) is 17.5 Å². The average molecular weight is 417 g/mol. The molecule has 0 saturated carbocycles. The first-order valence-electron chi connectivity index (χ1n) is 9.34. The van der Waals surface area contributed by atoms with E-state index >= 15 is 0 Å². The Hall–Kier alpha value is -3.43. The Morgan fingerprint density at radius 3 is 2.63 bits per heavy atom. The van der Waals surface area contributed by atoms with Crippen LogP contribution in [0.15, 0.2) is 42.7 Å². The number of imidazole rings is 1. The molecule has 0 aliphatic carbocycles. The van der Waals surface area contributed by atoms with Gasteiger partial charge in [-0.2, -0.15) is 13.2 Å². The van der Waals surface area contributed by atoms with Crippen LogP contribution in [0.4, 0.5) is 13.2 Å². The predicted octanol–water partition coefficient (Wildman–Crippen LogP) is 2.90. The molecule has 1 aliphatic heterocycles. The normalized spacial score (nSPS) is 16.6. The van der Waals surface area contributed by atoms with Crippen LogP contribution in [0.2, 0.25) is 0 Å². The van der Waals surface area contributed by atoms with Gasteiger partial charge in [0.25, 0.3) is 5.91 Å². The molecule has 1 aromatic carbocycles. The largest absolute Gasteiger partial charge is 0.449 e. The van der Waals surface area contributed by atoms with Crippen molar-refractivity contribution in [3.05, 3.63) is 59.7 Å². The van der Waals surface area contributed by atoms with Gasteiger partial charge in [-0.15, -0.1) is 0 Å². The Morgan fingerprint density at radius 2 is 1.97 bits per heavy atom. The molecule has 0 bridgehead atoms. The maximum atomic E-state index is 13.2. The lowest BCUT2D eigenvalue weighted by Gasteiger charge is -2.26. The van der Waals surface area contributed by atoms with Gasteiger partial charge in [-0.3, -0.25) is 14.6 Å². The molecule has 7 nitrogen and oxygen atoms in total. The van der Waals surface area contributed by atoms with Gasteiger partial charge < -0.3 is 15.2 Å². The predicted molar refractivity (Wildman–Crippen MR) is 101 cm³/mol. The van der Waals surface area contributed by atoms with E-state index in [2.05, 4.69) is 20.3 Å². The van der Waals surface area contributed by atoms with Gasteiger partial charge in [-0.25, -0.2) is 4.98 Å². The number of rotatable bonds is 5. The van der Waals surface area contributed by atoms with Gasteiger partial charge in [0.15, 0.2) is 0 Å². The summed E-state index contributed by atoms with van der Waals surface area (Å²) in [6, 6.07) is 7.60. The molecule has 156 valence electrons. The average Bonchev–Trinajstić information content (AvgIpc) is 3.33. The van der Waals surface area contributed by atoms with Crippen molar-refractivity contribution in [3.8, 4) is 0 Å². The van der Waals surface area contributed by atoms with Gasteiger partial charge in [-0.05, 0) is 42.3 Å². The molecule has 1 aliphatic rings. The molecule has 4 rings (SSSR count). The third-order valence-corrected chi connectivity index (χ3v) is 4.93. The number of aromatic amines is 1. The fourth-order valence-corrected chi connectivity index (χ4v) is 3.47. The van der Waals surface area contributed by atoms with Crippen molar-refractivity contribution in [2.75, 3.05) is 6.54 Å². The number of halogens is 3. The number of nitrogens with one attached hydrogen (secondary N) is 2. The number of amides is 2. The molecule has 0 spiro atoms. The van der Waals surface area contributed by atoms with Crippen molar-refractivity contribution >= 4 is 22.8 Å². The van der Waals surface area contributed by atoms with E-state index < -0.39 is 12.0 Å². The van der Waals surface area contributed by atoms with Crippen molar-refractivity contribution in [3.63, 3.8) is 0 Å². The second-order valence-corrected chi connectivity index (χ2v) is 7.16. The van der Waals surface area contributed by atoms with E-state index in [9.17, 15) is 22.8 Å². The van der Waals surface area contributed by atoms with Crippen LogP contribution in [0.1, 0.15) is 34.6 Å². The number of alkyl halides is 3. The molecule has 10 heteroatoms. The number of H-pyrrole nitrogens is 1. The van der Waals surface area contributed by atoms with E-state index in [1.54, 1.807) is 29.4 Å². The number of aromatic nitrogens is 3. The number of carbonyl (C=O) groups excluding carboxylic acids is 2. The standard InChI is InChI=1S/C20H18F3N5O2/c21-20(22,23)19-26-15-3-1-13(9-16(15)27-19)18(30)28(10-12-5-7-24-8-6-12)11-14-2-4-17(29)25-14/h1,3,5-9,14H,2,4,10-11H2,(H,25,29)(H,26,27)/t14-/m0/s1. The minimum Gasteiger partial charge on any atom is -0.352 e. The van der Waals surface area contributed by atoms with Crippen LogP contribution in [0.25, 0.3) is 11.0 Å². The topological polar surface area (TPSA) is 91.0 Å². The van der Waals surface area contributed by atoms with Crippen LogP contribution in [0.3, 0.4) is 0 Å². The van der Waals surface area contributed by atoms with Crippen LogP contribution in [0.5, 0.6) is 0 Å². The highest BCUT2D eigenvalue weighted by atomic mass is 19.4. The highest BCUT2D eigenvalue weighted by Gasteiger charge is 2.35. The van der Waals surface area contributed by atoms with Gasteiger partial charge in [-0.1, -0.05) is 0 Å². The fraction of sp³-hybridized carbons (Fsp3) is 0.300. The van der Waals surface area contributed by atoms with Gasteiger partial charge in [0.1, 0.15) is 0 Å². The monoisotopic (exact) mass is 417 g/mol. The number of benzene rings is 1. The molecule has 3 heterocycles. The Labute approximate surface area is 169 Å². The highest BCUT2D eigenvalue weighted by Crippen LogP contribution is 2.29. The summed E-state index contributed by atoms with van der Waals surface area (Å²) in [5, 5.41) is 2.84. The lowest BCUT2D eigenvalue weighted by Crippen LogP contribution is -2.41. The zero-order valence-electron chi connectivity index (χ0n) is 15.7. The lowest BCUT2D eigenvalue weighted by atomic mass is 10.1. The Bertz CT molecular complexity index is 1080. The molecule has 0 unspecified atom stereocenters. The number of fused-ring (bicyclic) bond motifs is 1. The van der Waals surface area contributed by atoms with E-state index in [1.807, 2.05) is 0 Å². The summed E-state index contributed by atoms with van der Waals surface area (Å²) in [6.45, 7) is 0.574. The second-order valence-electron chi connectivity index (χ2n) is 7.16. The van der Waals surface area contributed by atoms with Gasteiger partial charge in [0, 0.05) is 43.5 Å². The van der Waals surface area contributed by atoms with Crippen LogP contribution in [-0.4, -0.2) is 44.3 Å². The summed E-state index contributed by atoms with van der Waals surface area (Å²) in [4.78, 5) is 36.0. The molecule has 2 aromatic heterocycles. The van der Waals surface area contributed by atoms with Gasteiger partial charge in [0.05, 0.1) is 11.0 Å². The lowest BCUT2D eigenvalue weighted by molar-refractivity contribution is -0.144. The first-order chi connectivity index (χ1) is 14.3. The van der Waals surface area contributed by atoms with E-state index in [0.717, 1.165) is 5.56 Å². The summed E-state index contributed by atoms with van der Waals surface area (Å²) in [5.74, 6) is -1.52. The summed E-state index contributed by atoms with van der Waals surface area (Å²) >= 11 is 0. The van der Waals surface area contributed by atoms with Crippen molar-refractivity contribution in [1.82, 2.24) is 25.2 Å². The minimum atomic E-state index is -4.60. The number of hydrogen-bond acceptors (Lipinski definition) is 4. The first-order valence-corrected chi connectivity index (χ1v) is 9.34. The minimum absolute atomic E-state index is 0.0603. The molecule has 1 atom stereocenters. The summed E-state index contributed by atoms with van der Waals surface area (Å²) in [7, 11) is 0. The van der Waals surface area contributed by atoms with Crippen LogP contribution >= 0.6 is 0 Å². The second kappa shape index (κ2) is 7.77. The fourth-order valence-electron chi connectivity index (χ4n) is 3.47. The third-order valence-electron chi connectivity index (χ3n) is 4.93. The van der Waals surface area contributed by atoms with Crippen molar-refractivity contribution < 1.29 is 22.8 Å². The smallest absolute Gasteiger partial charge is 0.352 e. The Balaban J connectivity index is 1.61. The van der Waals surface area contributed by atoms with Crippen molar-refractivity contribution in [2.45, 2.75) is 31.6 Å². The van der Waals surface area contributed by atoms with Gasteiger partial charge in [0.2, 0.25) is 11.7 Å². The van der Waals surface area contributed by atoms with Crippen molar-refractivity contribution in [2.24, 2.45) is 0 Å². The molecule has 3 aromatic rings. The van der Waals surface area contributed by atoms with Crippen LogP contribution < -0.4 is 5.32 Å². The summed E-state index contributed by atoms with van der Waals surface area (Å²) in [6.07, 6.45) is -0.345. The maximum Gasteiger partial charge on any atom is 0.449 e. The van der Waals surface area contributed by atoms with E-state index in [0.29, 0.717) is 19.4 Å². The number of pyridine rings is 1. The zero-order valence-corrected chi connectivity index (χ0v) is 15.7.